The molecule has 6 N–H and O–H groups in total. The van der Waals surface area contributed by atoms with E-state index >= 15 is 0 Å². The Bertz CT molecular complexity index is 2410. The molecule has 0 spiro atoms. The van der Waals surface area contributed by atoms with Gasteiger partial charge in [-0.25, -0.2) is 0 Å². The van der Waals surface area contributed by atoms with E-state index in [1.54, 1.807) is 0 Å². The third kappa shape index (κ3) is 11.7. The summed E-state index contributed by atoms with van der Waals surface area (Å²) in [5.74, 6) is 0.404. The third-order valence-corrected chi connectivity index (χ3v) is 17.1. The molecule has 1 heterocycles. The minimum Gasteiger partial charge on any atom is -0.507 e. The second-order valence-corrected chi connectivity index (χ2v) is 29.5. The van der Waals surface area contributed by atoms with E-state index < -0.39 is 0 Å². The fraction of sp³-hybridized carbons (Fsp3) is 0.429. The summed E-state index contributed by atoms with van der Waals surface area (Å²) in [5, 5.41) is 74.6. The van der Waals surface area contributed by atoms with Crippen LogP contribution in [0.25, 0.3) is 0 Å². The predicted octanol–water partition coefficient (Wildman–Crippen LogP) is 17.2. The first-order valence-electron chi connectivity index (χ1n) is 25.1. The van der Waals surface area contributed by atoms with Crippen LogP contribution in [-0.2, 0) is 51.8 Å². The van der Waals surface area contributed by atoms with Crippen molar-refractivity contribution in [3.63, 3.8) is 0 Å². The van der Waals surface area contributed by atoms with E-state index in [0.29, 0.717) is 62.8 Å². The van der Waals surface area contributed by atoms with E-state index in [4.69, 9.17) is 0 Å². The lowest BCUT2D eigenvalue weighted by molar-refractivity contribution is 0.443. The summed E-state index contributed by atoms with van der Waals surface area (Å²) < 4.78 is 0. The van der Waals surface area contributed by atoms with Crippen molar-refractivity contribution in [1.29, 1.82) is 0 Å². The van der Waals surface area contributed by atoms with Gasteiger partial charge in [-0.05, 0) is 136 Å². The first-order chi connectivity index (χ1) is 32.9. The number of hydrogen-bond donors (Lipinski definition) is 6. The number of fused-ring (bicyclic) bond motifs is 12. The largest absolute Gasteiger partial charge is 0.507 e. The molecule has 0 unspecified atom stereocenters. The number of phenolic OH excluding ortho intramolecular Hbond substituents is 6. The average molecular weight is 1030 g/mol. The summed E-state index contributed by atoms with van der Waals surface area (Å²) in [6.07, 6.45) is 0.664. The zero-order chi connectivity index (χ0) is 53.6. The van der Waals surface area contributed by atoms with Crippen molar-refractivity contribution >= 4 is 35.3 Å². The molecule has 0 saturated heterocycles. The smallest absolute Gasteiger partial charge is 0.143 e. The highest BCUT2D eigenvalue weighted by molar-refractivity contribution is 8.01. The molecule has 0 atom stereocenters. The third-order valence-electron chi connectivity index (χ3n) is 13.9. The molecule has 0 radical (unpaired) electrons. The quantitative estimate of drug-likeness (QED) is 0.0882. The summed E-state index contributed by atoms with van der Waals surface area (Å²) in [5.41, 5.74) is 7.91. The molecule has 7 rings (SSSR count). The average Bonchev–Trinajstić information content (AvgIpc) is 3.23. The molecule has 0 saturated carbocycles. The topological polar surface area (TPSA) is 121 Å². The number of rotatable bonds is 0. The Morgan fingerprint density at radius 2 is 0.389 bits per heavy atom. The van der Waals surface area contributed by atoms with Crippen LogP contribution in [0.1, 0.15) is 191 Å². The fourth-order valence-electron chi connectivity index (χ4n) is 8.86. The Hall–Kier alpha value is -4.83. The zero-order valence-electron chi connectivity index (χ0n) is 46.0. The van der Waals surface area contributed by atoms with Crippen LogP contribution in [0.5, 0.6) is 34.5 Å². The molecule has 0 fully saturated rings. The van der Waals surface area contributed by atoms with Gasteiger partial charge in [0.25, 0.3) is 0 Å². The van der Waals surface area contributed by atoms with Crippen molar-refractivity contribution in [1.82, 2.24) is 0 Å². The normalized spacial score (nSPS) is 14.2. The maximum Gasteiger partial charge on any atom is 0.143 e. The molecule has 0 amide bonds. The molecule has 6 aromatic rings. The molecule has 384 valence electrons. The molecule has 9 heteroatoms. The highest BCUT2D eigenvalue weighted by atomic mass is 32.2. The van der Waals surface area contributed by atoms with Gasteiger partial charge in [0, 0.05) is 19.3 Å². The lowest BCUT2D eigenvalue weighted by Gasteiger charge is -2.26. The van der Waals surface area contributed by atoms with Gasteiger partial charge in [0.15, 0.2) is 0 Å². The maximum atomic E-state index is 12.5. The van der Waals surface area contributed by atoms with Gasteiger partial charge < -0.3 is 30.6 Å². The molecule has 72 heavy (non-hydrogen) atoms. The van der Waals surface area contributed by atoms with Gasteiger partial charge in [-0.2, -0.15) is 0 Å². The molecular weight excluding hydrogens is 949 g/mol. The highest BCUT2D eigenvalue weighted by Crippen LogP contribution is 2.53. The molecule has 1 aliphatic heterocycles. The Labute approximate surface area is 443 Å². The number of hydrogen-bond acceptors (Lipinski definition) is 9. The van der Waals surface area contributed by atoms with E-state index in [-0.39, 0.29) is 86.2 Å². The van der Waals surface area contributed by atoms with Gasteiger partial charge in [-0.3, -0.25) is 0 Å². The summed E-state index contributed by atoms with van der Waals surface area (Å²) >= 11 is 3.90. The molecule has 6 nitrogen and oxygen atoms in total. The number of phenols is 6. The minimum absolute atomic E-state index is 0.0331. The Kier molecular flexibility index (Phi) is 14.6. The molecule has 1 aliphatic rings. The van der Waals surface area contributed by atoms with Crippen molar-refractivity contribution < 1.29 is 30.6 Å². The standard InChI is InChI=1S/C63H78O6S3/c1-58(2,3)40-22-34-19-35-23-41(59(4,5)6)25-37(53(35)65)21-39-27-43(61(10,11)12)29-47(55(39)67)71-49-31-45(63(16,17)18)33-51(57(49)69)72-50-32-44(62(13,14)15)30-48(56(50)68)70-46-28-42(60(7,8)9)26-38(54(46)66)20-36(24-40)52(34)64/h22-33,64-69H,19-21H2,1-18H3. The fourth-order valence-corrected chi connectivity index (χ4v) is 12.1. The van der Waals surface area contributed by atoms with E-state index in [1.165, 1.54) is 35.3 Å². The minimum atomic E-state index is -0.330. The first kappa shape index (κ1) is 54.9. The predicted molar refractivity (Wildman–Crippen MR) is 302 cm³/mol. The Morgan fingerprint density at radius 1 is 0.236 bits per heavy atom. The van der Waals surface area contributed by atoms with E-state index in [9.17, 15) is 30.6 Å². The lowest BCUT2D eigenvalue weighted by atomic mass is 9.80. The van der Waals surface area contributed by atoms with Crippen LogP contribution in [0.4, 0.5) is 0 Å². The number of aromatic hydroxyl groups is 6. The van der Waals surface area contributed by atoms with Crippen molar-refractivity contribution in [3.8, 4) is 34.5 Å². The van der Waals surface area contributed by atoms with Gasteiger partial charge in [0.05, 0.1) is 29.4 Å². The maximum absolute atomic E-state index is 12.5. The second kappa shape index (κ2) is 19.1. The van der Waals surface area contributed by atoms with E-state index in [1.807, 2.05) is 72.8 Å². The molecule has 12 bridgehead atoms. The van der Waals surface area contributed by atoms with Gasteiger partial charge in [-0.15, -0.1) is 0 Å². The van der Waals surface area contributed by atoms with Gasteiger partial charge in [-0.1, -0.05) is 196 Å². The van der Waals surface area contributed by atoms with Crippen molar-refractivity contribution in [2.24, 2.45) is 0 Å². The van der Waals surface area contributed by atoms with Crippen molar-refractivity contribution in [2.45, 2.75) is 206 Å². The van der Waals surface area contributed by atoms with Crippen LogP contribution in [0.2, 0.25) is 0 Å². The van der Waals surface area contributed by atoms with E-state index in [0.717, 1.165) is 33.4 Å². The Balaban J connectivity index is 1.58. The van der Waals surface area contributed by atoms with Crippen LogP contribution < -0.4 is 0 Å². The van der Waals surface area contributed by atoms with Crippen LogP contribution in [0.3, 0.4) is 0 Å². The highest BCUT2D eigenvalue weighted by Gasteiger charge is 2.30. The van der Waals surface area contributed by atoms with Crippen LogP contribution in [0, 0.1) is 0 Å². The van der Waals surface area contributed by atoms with Crippen molar-refractivity contribution in [2.75, 3.05) is 0 Å². The molecule has 0 aliphatic carbocycles. The van der Waals surface area contributed by atoms with Gasteiger partial charge in [0.2, 0.25) is 0 Å². The van der Waals surface area contributed by atoms with E-state index in [2.05, 4.69) is 125 Å². The lowest BCUT2D eigenvalue weighted by Crippen LogP contribution is -2.14. The van der Waals surface area contributed by atoms with Crippen LogP contribution in [0.15, 0.2) is 102 Å². The molecular formula is C63H78O6S3. The van der Waals surface area contributed by atoms with Gasteiger partial charge >= 0.3 is 0 Å². The zero-order valence-corrected chi connectivity index (χ0v) is 48.4. The van der Waals surface area contributed by atoms with Gasteiger partial charge in [0.1, 0.15) is 34.5 Å². The Morgan fingerprint density at radius 3 is 0.583 bits per heavy atom. The summed E-state index contributed by atoms with van der Waals surface area (Å²) in [4.78, 5) is 3.36. The summed E-state index contributed by atoms with van der Waals surface area (Å²) in [7, 11) is 0. The SMILES string of the molecule is CC(C)(C)c1cc2c(O)c(c1)Cc1cc(C(C)(C)C)cc(c1O)Sc1cc(C(C)(C)C)cc(c1O)Sc1cc(C(C)(C)C)cc(c1O)Sc1cc(C(C)(C)C)cc(c1O)Cc1cc(C(C)(C)C)cc(c1O)C2. The summed E-state index contributed by atoms with van der Waals surface area (Å²) in [6.45, 7) is 38.5. The molecule has 6 aromatic carbocycles. The second-order valence-electron chi connectivity index (χ2n) is 26.2. The first-order valence-corrected chi connectivity index (χ1v) is 27.6. The van der Waals surface area contributed by atoms with Crippen molar-refractivity contribution in [3.05, 3.63) is 140 Å². The molecule has 0 aromatic heterocycles. The summed E-state index contributed by atoms with van der Waals surface area (Å²) in [6, 6.07) is 24.2. The van der Waals surface area contributed by atoms with Crippen LogP contribution in [-0.4, -0.2) is 30.6 Å². The number of benzene rings is 6. The van der Waals surface area contributed by atoms with Crippen LogP contribution >= 0.6 is 35.3 Å². The monoisotopic (exact) mass is 1030 g/mol.